The Kier molecular flexibility index (Phi) is 3.40. The van der Waals surface area contributed by atoms with E-state index in [4.69, 9.17) is 9.84 Å². The topological polar surface area (TPSA) is 63.6 Å². The second kappa shape index (κ2) is 4.66. The van der Waals surface area contributed by atoms with E-state index in [1.54, 1.807) is 6.07 Å². The molecule has 0 aliphatic carbocycles. The molecule has 1 aliphatic heterocycles. The Hall–Kier alpha value is -1.07. The maximum absolute atomic E-state index is 11.0. The Bertz CT molecular complexity index is 483. The van der Waals surface area contributed by atoms with Gasteiger partial charge in [-0.1, -0.05) is 19.1 Å². The molecule has 94 valence electrons. The van der Waals surface area contributed by atoms with E-state index in [9.17, 15) is 8.42 Å². The summed E-state index contributed by atoms with van der Waals surface area (Å²) in [5, 5.41) is 9.07. The van der Waals surface area contributed by atoms with E-state index >= 15 is 0 Å². The first kappa shape index (κ1) is 12.4. The summed E-state index contributed by atoms with van der Waals surface area (Å²) in [5.74, 6) is 0.936. The highest BCUT2D eigenvalue weighted by Gasteiger charge is 2.35. The van der Waals surface area contributed by atoms with Crippen LogP contribution in [0.5, 0.6) is 5.75 Å². The average molecular weight is 256 g/mol. The summed E-state index contributed by atoms with van der Waals surface area (Å²) in [6.07, 6.45) is -0.223. The van der Waals surface area contributed by atoms with Crippen LogP contribution in [0.2, 0.25) is 0 Å². The molecule has 1 unspecified atom stereocenters. The molecule has 1 atom stereocenters. The molecule has 1 N–H and O–H groups in total. The molecule has 4 nitrogen and oxygen atoms in total. The van der Waals surface area contributed by atoms with Gasteiger partial charge in [0.1, 0.15) is 11.9 Å². The fourth-order valence-corrected chi connectivity index (χ4v) is 2.95. The number of ether oxygens (including phenoxy) is 1. The van der Waals surface area contributed by atoms with Crippen molar-refractivity contribution in [3.05, 3.63) is 29.8 Å². The SMILES string of the molecule is CC(CO)c1cccc(OC2CS(=O)(=O)C2)c1. The van der Waals surface area contributed by atoms with Gasteiger partial charge in [0.15, 0.2) is 9.84 Å². The Morgan fingerprint density at radius 3 is 2.76 bits per heavy atom. The second-order valence-corrected chi connectivity index (χ2v) is 6.63. The molecule has 1 fully saturated rings. The van der Waals surface area contributed by atoms with E-state index in [-0.39, 0.29) is 30.1 Å². The maximum Gasteiger partial charge on any atom is 0.157 e. The van der Waals surface area contributed by atoms with E-state index in [1.165, 1.54) is 0 Å². The average Bonchev–Trinajstić information content (AvgIpc) is 2.26. The monoisotopic (exact) mass is 256 g/mol. The van der Waals surface area contributed by atoms with E-state index in [0.29, 0.717) is 5.75 Å². The van der Waals surface area contributed by atoms with Crippen LogP contribution in [-0.2, 0) is 9.84 Å². The van der Waals surface area contributed by atoms with Crippen LogP contribution in [-0.4, -0.2) is 37.7 Å². The van der Waals surface area contributed by atoms with Gasteiger partial charge in [-0.3, -0.25) is 0 Å². The lowest BCUT2D eigenvalue weighted by Gasteiger charge is -2.26. The standard InChI is InChI=1S/C12H16O4S/c1-9(6-13)10-3-2-4-11(5-10)16-12-7-17(14,15)8-12/h2-5,9,12-13H,6-8H2,1H3. The lowest BCUT2D eigenvalue weighted by atomic mass is 10.0. The molecule has 1 aliphatic rings. The first-order valence-corrected chi connectivity index (χ1v) is 7.40. The first-order valence-electron chi connectivity index (χ1n) is 5.58. The molecule has 0 radical (unpaired) electrons. The van der Waals surface area contributed by atoms with Crippen LogP contribution in [0, 0.1) is 0 Å². The van der Waals surface area contributed by atoms with Crippen molar-refractivity contribution in [3.8, 4) is 5.75 Å². The van der Waals surface area contributed by atoms with Crippen molar-refractivity contribution in [3.63, 3.8) is 0 Å². The van der Waals surface area contributed by atoms with Gasteiger partial charge in [-0.05, 0) is 17.7 Å². The van der Waals surface area contributed by atoms with E-state index in [2.05, 4.69) is 0 Å². The number of rotatable bonds is 4. The van der Waals surface area contributed by atoms with Crippen molar-refractivity contribution in [1.82, 2.24) is 0 Å². The summed E-state index contributed by atoms with van der Waals surface area (Å²) in [7, 11) is -2.85. The third kappa shape index (κ3) is 2.98. The highest BCUT2D eigenvalue weighted by atomic mass is 32.2. The molecular formula is C12H16O4S. The van der Waals surface area contributed by atoms with Gasteiger partial charge >= 0.3 is 0 Å². The van der Waals surface area contributed by atoms with Gasteiger partial charge in [-0.25, -0.2) is 8.42 Å². The number of hydrogen-bond donors (Lipinski definition) is 1. The lowest BCUT2D eigenvalue weighted by Crippen LogP contribution is -2.45. The fourth-order valence-electron chi connectivity index (χ4n) is 1.78. The predicted octanol–water partition coefficient (Wildman–Crippen LogP) is 0.958. The number of aliphatic hydroxyl groups is 1. The summed E-state index contributed by atoms with van der Waals surface area (Å²) in [4.78, 5) is 0. The Balaban J connectivity index is 2.02. The van der Waals surface area contributed by atoms with Gasteiger partial charge in [0.05, 0.1) is 11.5 Å². The summed E-state index contributed by atoms with van der Waals surface area (Å²) in [6.45, 7) is 2.01. The van der Waals surface area contributed by atoms with Crippen LogP contribution < -0.4 is 4.74 Å². The number of aliphatic hydroxyl groups excluding tert-OH is 1. The molecule has 0 spiro atoms. The van der Waals surface area contributed by atoms with Crippen LogP contribution in [0.15, 0.2) is 24.3 Å². The van der Waals surface area contributed by atoms with Gasteiger partial charge in [0.2, 0.25) is 0 Å². The van der Waals surface area contributed by atoms with Crippen LogP contribution in [0.1, 0.15) is 18.4 Å². The Morgan fingerprint density at radius 2 is 2.18 bits per heavy atom. The quantitative estimate of drug-likeness (QED) is 0.871. The fraction of sp³-hybridized carbons (Fsp3) is 0.500. The van der Waals surface area contributed by atoms with Gasteiger partial charge in [-0.2, -0.15) is 0 Å². The van der Waals surface area contributed by atoms with Gasteiger partial charge in [0.25, 0.3) is 0 Å². The smallest absolute Gasteiger partial charge is 0.157 e. The van der Waals surface area contributed by atoms with Gasteiger partial charge < -0.3 is 9.84 Å². The molecule has 0 saturated carbocycles. The molecule has 17 heavy (non-hydrogen) atoms. The predicted molar refractivity (Wildman–Crippen MR) is 65.0 cm³/mol. The summed E-state index contributed by atoms with van der Waals surface area (Å²) < 4.78 is 27.6. The minimum atomic E-state index is -2.85. The number of hydrogen-bond acceptors (Lipinski definition) is 4. The maximum atomic E-state index is 11.0. The molecule has 1 saturated heterocycles. The van der Waals surface area contributed by atoms with Crippen molar-refractivity contribution >= 4 is 9.84 Å². The van der Waals surface area contributed by atoms with Crippen molar-refractivity contribution < 1.29 is 18.3 Å². The van der Waals surface area contributed by atoms with E-state index in [1.807, 2.05) is 25.1 Å². The number of benzene rings is 1. The third-order valence-electron chi connectivity index (χ3n) is 2.88. The second-order valence-electron chi connectivity index (χ2n) is 4.47. The van der Waals surface area contributed by atoms with Crippen molar-refractivity contribution in [2.75, 3.05) is 18.1 Å². The van der Waals surface area contributed by atoms with Crippen LogP contribution in [0.3, 0.4) is 0 Å². The minimum Gasteiger partial charge on any atom is -0.488 e. The van der Waals surface area contributed by atoms with Crippen molar-refractivity contribution in [1.29, 1.82) is 0 Å². The van der Waals surface area contributed by atoms with Crippen LogP contribution in [0.25, 0.3) is 0 Å². The molecule has 0 bridgehead atoms. The van der Waals surface area contributed by atoms with Crippen LogP contribution in [0.4, 0.5) is 0 Å². The van der Waals surface area contributed by atoms with E-state index < -0.39 is 9.84 Å². The zero-order valence-electron chi connectivity index (χ0n) is 9.67. The Labute approximate surface area is 101 Å². The van der Waals surface area contributed by atoms with E-state index in [0.717, 1.165) is 5.56 Å². The van der Waals surface area contributed by atoms with Crippen molar-refractivity contribution in [2.45, 2.75) is 18.9 Å². The number of sulfone groups is 1. The Morgan fingerprint density at radius 1 is 1.47 bits per heavy atom. The zero-order chi connectivity index (χ0) is 12.5. The summed E-state index contributed by atoms with van der Waals surface area (Å²) in [6, 6.07) is 7.43. The molecule has 2 rings (SSSR count). The van der Waals surface area contributed by atoms with Gasteiger partial charge in [-0.15, -0.1) is 0 Å². The molecule has 5 heteroatoms. The molecule has 0 aromatic heterocycles. The summed E-state index contributed by atoms with van der Waals surface area (Å²) in [5.41, 5.74) is 0.993. The molecule has 1 aromatic rings. The normalized spacial score (nSPS) is 20.6. The summed E-state index contributed by atoms with van der Waals surface area (Å²) >= 11 is 0. The lowest BCUT2D eigenvalue weighted by molar-refractivity contribution is 0.229. The highest BCUT2D eigenvalue weighted by Crippen LogP contribution is 2.23. The minimum absolute atomic E-state index is 0.0590. The zero-order valence-corrected chi connectivity index (χ0v) is 10.5. The largest absolute Gasteiger partial charge is 0.488 e. The molecule has 1 aromatic carbocycles. The first-order chi connectivity index (χ1) is 8.00. The highest BCUT2D eigenvalue weighted by molar-refractivity contribution is 7.92. The van der Waals surface area contributed by atoms with Crippen LogP contribution >= 0.6 is 0 Å². The molecule has 1 heterocycles. The van der Waals surface area contributed by atoms with Gasteiger partial charge in [0, 0.05) is 12.5 Å². The van der Waals surface area contributed by atoms with Crippen molar-refractivity contribution in [2.24, 2.45) is 0 Å². The third-order valence-corrected chi connectivity index (χ3v) is 4.64. The molecule has 0 amide bonds. The molecular weight excluding hydrogens is 240 g/mol.